The van der Waals surface area contributed by atoms with Gasteiger partial charge in [-0.05, 0) is 100 Å². The summed E-state index contributed by atoms with van der Waals surface area (Å²) in [4.78, 5) is 0. The predicted octanol–water partition coefficient (Wildman–Crippen LogP) is 7.01. The molecule has 2 fully saturated rings. The zero-order valence-corrected chi connectivity index (χ0v) is 26.6. The summed E-state index contributed by atoms with van der Waals surface area (Å²) in [6.07, 6.45) is 4.15. The van der Waals surface area contributed by atoms with Gasteiger partial charge in [0.05, 0.1) is 21.8 Å². The average Bonchev–Trinajstić information content (AvgIpc) is 3.65. The summed E-state index contributed by atoms with van der Waals surface area (Å²) in [5.74, 6) is 0.565. The van der Waals surface area contributed by atoms with Crippen molar-refractivity contribution in [2.45, 2.75) is 37.9 Å². The number of halogens is 3. The Bertz CT molecular complexity index is 1790. The van der Waals surface area contributed by atoms with Gasteiger partial charge in [-0.1, -0.05) is 48.5 Å². The number of hydrogen-bond acceptors (Lipinski definition) is 6. The highest BCUT2D eigenvalue weighted by Gasteiger charge is 2.21. The highest BCUT2D eigenvalue weighted by Crippen LogP contribution is 2.31. The Balaban J connectivity index is 0.000000161. The van der Waals surface area contributed by atoms with Crippen LogP contribution in [-0.4, -0.2) is 57.9 Å². The predicted molar refractivity (Wildman–Crippen MR) is 182 cm³/mol. The maximum atomic E-state index is 14.2. The third kappa shape index (κ3) is 7.10. The number of ether oxygens (including phenoxy) is 2. The van der Waals surface area contributed by atoms with Crippen LogP contribution in [0.15, 0.2) is 97.1 Å². The molecule has 0 saturated carbocycles. The minimum atomic E-state index is -0.297. The van der Waals surface area contributed by atoms with Crippen molar-refractivity contribution in [3.63, 3.8) is 0 Å². The second-order valence-corrected chi connectivity index (χ2v) is 11.5. The minimum absolute atomic E-state index is 0. The van der Waals surface area contributed by atoms with E-state index in [0.29, 0.717) is 23.1 Å². The number of nitrogens with one attached hydrogen (secondary N) is 2. The van der Waals surface area contributed by atoms with E-state index in [0.717, 1.165) is 73.7 Å². The molecule has 244 valence electrons. The number of rotatable bonds is 6. The van der Waals surface area contributed by atoms with Gasteiger partial charge in [0.1, 0.15) is 35.2 Å². The molecule has 2 saturated heterocycles. The van der Waals surface area contributed by atoms with E-state index in [4.69, 9.17) is 9.47 Å². The van der Waals surface area contributed by atoms with Crippen molar-refractivity contribution in [1.82, 2.24) is 30.2 Å². The van der Waals surface area contributed by atoms with Crippen LogP contribution in [0.1, 0.15) is 25.7 Å². The lowest BCUT2D eigenvalue weighted by atomic mass is 10.1. The van der Waals surface area contributed by atoms with Gasteiger partial charge in [-0.2, -0.15) is 0 Å². The largest absolute Gasteiger partial charge is 0.473 e. The molecule has 2 aliphatic rings. The van der Waals surface area contributed by atoms with Crippen LogP contribution in [0.25, 0.3) is 33.2 Å². The zero-order chi connectivity index (χ0) is 31.3. The number of aromatic nitrogens is 4. The van der Waals surface area contributed by atoms with Crippen molar-refractivity contribution in [1.29, 1.82) is 0 Å². The standard InChI is InChI=1S/2C18H18FN3O.ClH/c2*19-15-6-2-4-8-17(15)22-16-7-3-1-5-14(16)18(21-22)23-13-9-11-20-12-10-13;/h2*1-8,13,20H,9-12H2;1H. The Labute approximate surface area is 278 Å². The summed E-state index contributed by atoms with van der Waals surface area (Å²) in [6, 6.07) is 28.9. The fraction of sp³-hybridized carbons (Fsp3) is 0.278. The SMILES string of the molecule is Cl.Fc1ccccc1-n1nc(OC2CCNCC2)c2ccccc21.Fc1ccccc1-n1nc(OC2CCNCC2)c2ccccc21. The van der Waals surface area contributed by atoms with Gasteiger partial charge < -0.3 is 20.1 Å². The van der Waals surface area contributed by atoms with Gasteiger partial charge in [-0.3, -0.25) is 0 Å². The van der Waals surface area contributed by atoms with Crippen LogP contribution in [0.4, 0.5) is 8.78 Å². The first-order valence-corrected chi connectivity index (χ1v) is 15.9. The van der Waals surface area contributed by atoms with Crippen LogP contribution in [0.5, 0.6) is 11.8 Å². The third-order valence-electron chi connectivity index (χ3n) is 8.40. The lowest BCUT2D eigenvalue weighted by molar-refractivity contribution is 0.157. The Morgan fingerprint density at radius 1 is 0.532 bits per heavy atom. The van der Waals surface area contributed by atoms with E-state index in [1.807, 2.05) is 60.7 Å². The van der Waals surface area contributed by atoms with Crippen LogP contribution in [0.3, 0.4) is 0 Å². The molecule has 11 heteroatoms. The molecule has 4 heterocycles. The molecule has 47 heavy (non-hydrogen) atoms. The summed E-state index contributed by atoms with van der Waals surface area (Å²) in [5, 5.41) is 17.6. The summed E-state index contributed by atoms with van der Waals surface area (Å²) in [7, 11) is 0. The van der Waals surface area contributed by atoms with Gasteiger partial charge in [0.2, 0.25) is 11.8 Å². The van der Waals surface area contributed by atoms with E-state index in [-0.39, 0.29) is 36.2 Å². The van der Waals surface area contributed by atoms with E-state index in [1.54, 1.807) is 33.6 Å². The van der Waals surface area contributed by atoms with Gasteiger partial charge in [0.25, 0.3) is 0 Å². The fourth-order valence-electron chi connectivity index (χ4n) is 6.01. The zero-order valence-electron chi connectivity index (χ0n) is 25.8. The van der Waals surface area contributed by atoms with Crippen molar-refractivity contribution >= 4 is 34.2 Å². The molecular weight excluding hydrogens is 622 g/mol. The van der Waals surface area contributed by atoms with Gasteiger partial charge in [-0.25, -0.2) is 18.1 Å². The van der Waals surface area contributed by atoms with E-state index in [9.17, 15) is 8.78 Å². The van der Waals surface area contributed by atoms with Crippen LogP contribution in [0, 0.1) is 11.6 Å². The molecule has 0 radical (unpaired) electrons. The first kappa shape index (κ1) is 32.4. The van der Waals surface area contributed by atoms with Gasteiger partial charge in [-0.15, -0.1) is 22.6 Å². The van der Waals surface area contributed by atoms with Crippen molar-refractivity contribution in [2.24, 2.45) is 0 Å². The van der Waals surface area contributed by atoms with E-state index >= 15 is 0 Å². The topological polar surface area (TPSA) is 78.2 Å². The first-order chi connectivity index (χ1) is 22.7. The lowest BCUT2D eigenvalue weighted by Gasteiger charge is -2.22. The smallest absolute Gasteiger partial charge is 0.241 e. The Morgan fingerprint density at radius 2 is 0.894 bits per heavy atom. The van der Waals surface area contributed by atoms with E-state index in [2.05, 4.69) is 20.8 Å². The van der Waals surface area contributed by atoms with Gasteiger partial charge in [0, 0.05) is 0 Å². The number of piperidine rings is 2. The van der Waals surface area contributed by atoms with Crippen molar-refractivity contribution in [3.05, 3.63) is 109 Å². The molecule has 0 spiro atoms. The molecule has 4 aromatic carbocycles. The van der Waals surface area contributed by atoms with Gasteiger partial charge >= 0.3 is 0 Å². The van der Waals surface area contributed by atoms with E-state index < -0.39 is 0 Å². The molecule has 0 bridgehead atoms. The second kappa shape index (κ2) is 14.9. The maximum absolute atomic E-state index is 14.2. The van der Waals surface area contributed by atoms with Crippen molar-refractivity contribution in [2.75, 3.05) is 26.2 Å². The summed E-state index contributed by atoms with van der Waals surface area (Å²) in [5.41, 5.74) is 2.57. The Hall–Kier alpha value is -4.51. The molecule has 0 amide bonds. The molecule has 0 atom stereocenters. The maximum Gasteiger partial charge on any atom is 0.241 e. The van der Waals surface area contributed by atoms with Crippen LogP contribution < -0.4 is 20.1 Å². The summed E-state index contributed by atoms with van der Waals surface area (Å²) >= 11 is 0. The lowest BCUT2D eigenvalue weighted by Crippen LogP contribution is -2.34. The van der Waals surface area contributed by atoms with Crippen molar-refractivity contribution in [3.8, 4) is 23.1 Å². The average molecular weight is 659 g/mol. The number of para-hydroxylation sites is 4. The number of fused-ring (bicyclic) bond motifs is 2. The quantitative estimate of drug-likeness (QED) is 0.201. The third-order valence-corrected chi connectivity index (χ3v) is 8.40. The molecule has 0 aliphatic carbocycles. The van der Waals surface area contributed by atoms with Crippen LogP contribution in [0.2, 0.25) is 0 Å². The molecule has 6 aromatic rings. The number of hydrogen-bond donors (Lipinski definition) is 2. The minimum Gasteiger partial charge on any atom is -0.473 e. The normalized spacial score (nSPS) is 15.5. The highest BCUT2D eigenvalue weighted by molar-refractivity contribution is 5.87. The summed E-state index contributed by atoms with van der Waals surface area (Å²) < 4.78 is 43.8. The first-order valence-electron chi connectivity index (χ1n) is 15.9. The molecular formula is C36H37ClF2N6O2. The van der Waals surface area contributed by atoms with E-state index in [1.165, 1.54) is 12.1 Å². The summed E-state index contributed by atoms with van der Waals surface area (Å²) in [6.45, 7) is 3.82. The molecule has 0 unspecified atom stereocenters. The highest BCUT2D eigenvalue weighted by atomic mass is 35.5. The monoisotopic (exact) mass is 658 g/mol. The van der Waals surface area contributed by atoms with Crippen molar-refractivity contribution < 1.29 is 18.3 Å². The Morgan fingerprint density at radius 3 is 1.30 bits per heavy atom. The van der Waals surface area contributed by atoms with Crippen LogP contribution >= 0.6 is 12.4 Å². The molecule has 8 nitrogen and oxygen atoms in total. The molecule has 2 aromatic heterocycles. The molecule has 2 N–H and O–H groups in total. The molecule has 2 aliphatic heterocycles. The van der Waals surface area contributed by atoms with Gasteiger partial charge in [0.15, 0.2) is 0 Å². The van der Waals surface area contributed by atoms with Crippen LogP contribution in [-0.2, 0) is 0 Å². The Kier molecular flexibility index (Phi) is 10.3. The molecule has 8 rings (SSSR count). The fourth-order valence-corrected chi connectivity index (χ4v) is 6.01. The number of nitrogens with zero attached hydrogens (tertiary/aromatic N) is 4. The number of benzene rings is 4. The second-order valence-electron chi connectivity index (χ2n) is 11.5.